The maximum absolute atomic E-state index is 12.6. The zero-order chi connectivity index (χ0) is 18.0. The summed E-state index contributed by atoms with van der Waals surface area (Å²) >= 11 is 0. The number of carbonyl (C=O) groups is 1. The smallest absolute Gasteiger partial charge is 0.261 e. The first-order chi connectivity index (χ1) is 11.9. The lowest BCUT2D eigenvalue weighted by atomic mass is 9.85. The summed E-state index contributed by atoms with van der Waals surface area (Å²) in [6.07, 6.45) is 2.95. The topological polar surface area (TPSA) is 75.3 Å². The second kappa shape index (κ2) is 6.88. The molecular formula is C19H22N2O3S. The van der Waals surface area contributed by atoms with Crippen LogP contribution in [0, 0.1) is 19.8 Å². The number of hydrogen-bond acceptors (Lipinski definition) is 3. The van der Waals surface area contributed by atoms with E-state index in [2.05, 4.69) is 10.0 Å². The van der Waals surface area contributed by atoms with Gasteiger partial charge >= 0.3 is 0 Å². The first kappa shape index (κ1) is 17.5. The van der Waals surface area contributed by atoms with Gasteiger partial charge in [0.2, 0.25) is 5.91 Å². The van der Waals surface area contributed by atoms with Crippen molar-refractivity contribution in [2.45, 2.75) is 38.0 Å². The van der Waals surface area contributed by atoms with Crippen LogP contribution in [0.25, 0.3) is 0 Å². The third kappa shape index (κ3) is 3.85. The van der Waals surface area contributed by atoms with Gasteiger partial charge in [-0.3, -0.25) is 9.52 Å². The van der Waals surface area contributed by atoms with Crippen molar-refractivity contribution in [1.82, 2.24) is 0 Å². The summed E-state index contributed by atoms with van der Waals surface area (Å²) in [5.41, 5.74) is 2.95. The number of nitrogens with one attached hydrogen (secondary N) is 2. The normalized spacial score (nSPS) is 14.6. The number of para-hydroxylation sites is 1. The molecule has 5 nitrogen and oxygen atoms in total. The van der Waals surface area contributed by atoms with E-state index in [4.69, 9.17) is 0 Å². The van der Waals surface area contributed by atoms with Crippen LogP contribution >= 0.6 is 0 Å². The van der Waals surface area contributed by atoms with Crippen molar-refractivity contribution < 1.29 is 13.2 Å². The summed E-state index contributed by atoms with van der Waals surface area (Å²) in [5, 5.41) is 2.84. The number of sulfonamides is 1. The highest BCUT2D eigenvalue weighted by atomic mass is 32.2. The molecule has 132 valence electrons. The number of rotatable bonds is 5. The molecule has 2 N–H and O–H groups in total. The van der Waals surface area contributed by atoms with E-state index in [-0.39, 0.29) is 16.7 Å². The van der Waals surface area contributed by atoms with Gasteiger partial charge in [-0.15, -0.1) is 0 Å². The molecule has 0 saturated heterocycles. The van der Waals surface area contributed by atoms with Crippen LogP contribution in [0.4, 0.5) is 11.4 Å². The van der Waals surface area contributed by atoms with Gasteiger partial charge < -0.3 is 5.32 Å². The molecule has 25 heavy (non-hydrogen) atoms. The molecular weight excluding hydrogens is 336 g/mol. The van der Waals surface area contributed by atoms with Gasteiger partial charge in [0.1, 0.15) is 0 Å². The van der Waals surface area contributed by atoms with Crippen LogP contribution in [0.15, 0.2) is 47.4 Å². The van der Waals surface area contributed by atoms with Crippen LogP contribution in [0.3, 0.4) is 0 Å². The van der Waals surface area contributed by atoms with Crippen molar-refractivity contribution in [3.05, 3.63) is 53.6 Å². The molecule has 2 aromatic rings. The van der Waals surface area contributed by atoms with Gasteiger partial charge in [0, 0.05) is 11.6 Å². The fourth-order valence-electron chi connectivity index (χ4n) is 2.80. The van der Waals surface area contributed by atoms with Crippen molar-refractivity contribution in [3.63, 3.8) is 0 Å². The van der Waals surface area contributed by atoms with Gasteiger partial charge in [-0.2, -0.15) is 0 Å². The van der Waals surface area contributed by atoms with Crippen LogP contribution in [0.2, 0.25) is 0 Å². The Morgan fingerprint density at radius 1 is 1.00 bits per heavy atom. The second-order valence-corrected chi connectivity index (χ2v) is 8.20. The van der Waals surface area contributed by atoms with E-state index in [0.717, 1.165) is 30.4 Å². The van der Waals surface area contributed by atoms with Crippen LogP contribution < -0.4 is 10.0 Å². The van der Waals surface area contributed by atoms with Crippen molar-refractivity contribution >= 4 is 27.3 Å². The lowest BCUT2D eigenvalue weighted by Crippen LogP contribution is -2.28. The van der Waals surface area contributed by atoms with Crippen LogP contribution in [0.5, 0.6) is 0 Å². The zero-order valence-electron chi connectivity index (χ0n) is 14.4. The minimum Gasteiger partial charge on any atom is -0.326 e. The lowest BCUT2D eigenvalue weighted by molar-refractivity contribution is -0.122. The molecule has 1 aliphatic carbocycles. The van der Waals surface area contributed by atoms with E-state index in [1.807, 2.05) is 32.0 Å². The van der Waals surface area contributed by atoms with Gasteiger partial charge in [-0.05, 0) is 62.1 Å². The second-order valence-electron chi connectivity index (χ2n) is 6.51. The largest absolute Gasteiger partial charge is 0.326 e. The highest BCUT2D eigenvalue weighted by Gasteiger charge is 2.25. The molecule has 0 bridgehead atoms. The summed E-state index contributed by atoms with van der Waals surface area (Å²) in [6.45, 7) is 3.73. The Labute approximate surface area is 148 Å². The van der Waals surface area contributed by atoms with Crippen LogP contribution in [0.1, 0.15) is 30.4 Å². The minimum atomic E-state index is -3.68. The van der Waals surface area contributed by atoms with Crippen LogP contribution in [-0.2, 0) is 14.8 Å². The van der Waals surface area contributed by atoms with Crippen molar-refractivity contribution in [2.24, 2.45) is 5.92 Å². The molecule has 1 aliphatic rings. The molecule has 1 amide bonds. The monoisotopic (exact) mass is 358 g/mol. The maximum atomic E-state index is 12.6. The van der Waals surface area contributed by atoms with E-state index in [1.54, 1.807) is 12.1 Å². The third-order valence-corrected chi connectivity index (χ3v) is 5.99. The average Bonchev–Trinajstić information content (AvgIpc) is 2.50. The van der Waals surface area contributed by atoms with Crippen LogP contribution in [-0.4, -0.2) is 14.3 Å². The number of hydrogen-bond donors (Lipinski definition) is 2. The molecule has 0 radical (unpaired) electrons. The van der Waals surface area contributed by atoms with Gasteiger partial charge in [0.15, 0.2) is 0 Å². The maximum Gasteiger partial charge on any atom is 0.261 e. The number of benzene rings is 2. The Kier molecular flexibility index (Phi) is 4.81. The molecule has 0 spiro atoms. The summed E-state index contributed by atoms with van der Waals surface area (Å²) in [6, 6.07) is 11.9. The van der Waals surface area contributed by atoms with Gasteiger partial charge in [0.25, 0.3) is 10.0 Å². The summed E-state index contributed by atoms with van der Waals surface area (Å²) in [4.78, 5) is 12.1. The standard InChI is InChI=1S/C19H22N2O3S/c1-13-5-3-6-14(2)18(13)21-25(23,24)17-11-9-16(10-12-17)20-19(22)15-7-4-8-15/h3,5-6,9-12,15,21H,4,7-8H2,1-2H3,(H,20,22). The van der Waals surface area contributed by atoms with Gasteiger partial charge in [-0.25, -0.2) is 8.42 Å². The minimum absolute atomic E-state index is 0.00974. The molecule has 0 aliphatic heterocycles. The molecule has 1 fully saturated rings. The van der Waals surface area contributed by atoms with E-state index in [9.17, 15) is 13.2 Å². The molecule has 6 heteroatoms. The number of aryl methyl sites for hydroxylation is 2. The fraction of sp³-hybridized carbons (Fsp3) is 0.316. The highest BCUT2D eigenvalue weighted by molar-refractivity contribution is 7.92. The molecule has 3 rings (SSSR count). The fourth-order valence-corrected chi connectivity index (χ4v) is 4.00. The Morgan fingerprint density at radius 3 is 2.12 bits per heavy atom. The Morgan fingerprint density at radius 2 is 1.60 bits per heavy atom. The Balaban J connectivity index is 1.75. The average molecular weight is 358 g/mol. The number of anilines is 2. The molecule has 2 aromatic carbocycles. The van der Waals surface area contributed by atoms with Gasteiger partial charge in [0.05, 0.1) is 10.6 Å². The molecule has 0 unspecified atom stereocenters. The summed E-state index contributed by atoms with van der Waals surface area (Å²) in [5.74, 6) is 0.102. The Bertz CT molecular complexity index is 865. The quantitative estimate of drug-likeness (QED) is 0.852. The highest BCUT2D eigenvalue weighted by Crippen LogP contribution is 2.28. The lowest BCUT2D eigenvalue weighted by Gasteiger charge is -2.24. The summed E-state index contributed by atoms with van der Waals surface area (Å²) in [7, 11) is -3.68. The van der Waals surface area contributed by atoms with E-state index >= 15 is 0 Å². The number of carbonyl (C=O) groups excluding carboxylic acids is 1. The first-order valence-electron chi connectivity index (χ1n) is 8.37. The molecule has 0 heterocycles. The Hall–Kier alpha value is -2.34. The first-order valence-corrected chi connectivity index (χ1v) is 9.85. The molecule has 0 atom stereocenters. The molecule has 0 aromatic heterocycles. The van der Waals surface area contributed by atoms with Crippen molar-refractivity contribution in [2.75, 3.05) is 10.0 Å². The predicted molar refractivity (Wildman–Crippen MR) is 99.1 cm³/mol. The van der Waals surface area contributed by atoms with Crippen molar-refractivity contribution in [3.8, 4) is 0 Å². The number of amides is 1. The van der Waals surface area contributed by atoms with Gasteiger partial charge in [-0.1, -0.05) is 24.6 Å². The molecule has 1 saturated carbocycles. The SMILES string of the molecule is Cc1cccc(C)c1NS(=O)(=O)c1ccc(NC(=O)C2CCC2)cc1. The zero-order valence-corrected chi connectivity index (χ0v) is 15.2. The van der Waals surface area contributed by atoms with Crippen molar-refractivity contribution in [1.29, 1.82) is 0 Å². The summed E-state index contributed by atoms with van der Waals surface area (Å²) < 4.78 is 27.9. The van der Waals surface area contributed by atoms with E-state index < -0.39 is 10.0 Å². The predicted octanol–water partition coefficient (Wildman–Crippen LogP) is 3.84. The third-order valence-electron chi connectivity index (χ3n) is 4.63. The van der Waals surface area contributed by atoms with E-state index in [0.29, 0.717) is 11.4 Å². The van der Waals surface area contributed by atoms with E-state index in [1.165, 1.54) is 12.1 Å².